The number of nitrogens with two attached hydrogens (primary N) is 1. The summed E-state index contributed by atoms with van der Waals surface area (Å²) in [6, 6.07) is 0. The van der Waals surface area contributed by atoms with Crippen LogP contribution in [0.1, 0.15) is 24.6 Å². The molecule has 1 aromatic heterocycles. The van der Waals surface area contributed by atoms with E-state index in [1.807, 2.05) is 0 Å². The molecule has 2 N–H and O–H groups in total. The third-order valence-electron chi connectivity index (χ3n) is 2.07. The van der Waals surface area contributed by atoms with Crippen LogP contribution >= 0.6 is 0 Å². The summed E-state index contributed by atoms with van der Waals surface area (Å²) in [4.78, 5) is 3.95. The SMILES string of the molecule is CS(=O)(=O)Cc1noc(C2(N)CC2)n1. The highest BCUT2D eigenvalue weighted by Crippen LogP contribution is 2.41. The summed E-state index contributed by atoms with van der Waals surface area (Å²) in [6.07, 6.45) is 2.75. The van der Waals surface area contributed by atoms with E-state index in [0.29, 0.717) is 5.89 Å². The van der Waals surface area contributed by atoms with Crippen molar-refractivity contribution in [1.29, 1.82) is 0 Å². The standard InChI is InChI=1S/C7H11N3O3S/c1-14(11,12)4-5-9-6(13-10-5)7(8)2-3-7/h2-4,8H2,1H3. The second-order valence-corrected chi connectivity index (χ2v) is 5.88. The summed E-state index contributed by atoms with van der Waals surface area (Å²) in [5, 5.41) is 3.56. The van der Waals surface area contributed by atoms with Gasteiger partial charge in [-0.3, -0.25) is 0 Å². The molecule has 1 fully saturated rings. The summed E-state index contributed by atoms with van der Waals surface area (Å²) in [5.41, 5.74) is 5.30. The molecule has 7 heteroatoms. The van der Waals surface area contributed by atoms with Gasteiger partial charge in [-0.05, 0) is 12.8 Å². The van der Waals surface area contributed by atoms with Crippen molar-refractivity contribution in [2.24, 2.45) is 5.73 Å². The zero-order valence-corrected chi connectivity index (χ0v) is 8.54. The maximum Gasteiger partial charge on any atom is 0.246 e. The molecule has 0 aliphatic heterocycles. The first kappa shape index (κ1) is 9.60. The zero-order valence-electron chi connectivity index (χ0n) is 7.73. The van der Waals surface area contributed by atoms with Crippen LogP contribution in [0, 0.1) is 0 Å². The van der Waals surface area contributed by atoms with E-state index in [-0.39, 0.29) is 11.6 Å². The maximum atomic E-state index is 10.9. The molecule has 14 heavy (non-hydrogen) atoms. The first-order valence-electron chi connectivity index (χ1n) is 4.19. The quantitative estimate of drug-likeness (QED) is 0.737. The molecule has 78 valence electrons. The Kier molecular flexibility index (Phi) is 1.90. The van der Waals surface area contributed by atoms with Gasteiger partial charge in [0.15, 0.2) is 15.7 Å². The van der Waals surface area contributed by atoms with Gasteiger partial charge in [0.2, 0.25) is 5.89 Å². The van der Waals surface area contributed by atoms with Crippen LogP contribution in [-0.2, 0) is 21.1 Å². The van der Waals surface area contributed by atoms with Crippen LogP contribution in [0.15, 0.2) is 4.52 Å². The predicted molar refractivity (Wildman–Crippen MR) is 47.9 cm³/mol. The summed E-state index contributed by atoms with van der Waals surface area (Å²) >= 11 is 0. The van der Waals surface area contributed by atoms with Gasteiger partial charge in [0.05, 0.1) is 5.54 Å². The van der Waals surface area contributed by atoms with E-state index in [4.69, 9.17) is 10.3 Å². The highest BCUT2D eigenvalue weighted by molar-refractivity contribution is 7.89. The van der Waals surface area contributed by atoms with Gasteiger partial charge in [0.25, 0.3) is 0 Å². The Morgan fingerprint density at radius 3 is 2.71 bits per heavy atom. The first-order valence-corrected chi connectivity index (χ1v) is 6.25. The molecule has 1 aliphatic carbocycles. The summed E-state index contributed by atoms with van der Waals surface area (Å²) in [7, 11) is -3.11. The molecular formula is C7H11N3O3S. The van der Waals surface area contributed by atoms with Gasteiger partial charge in [-0.25, -0.2) is 8.42 Å². The maximum absolute atomic E-state index is 10.9. The molecule has 1 heterocycles. The topological polar surface area (TPSA) is 99.1 Å². The minimum absolute atomic E-state index is 0.180. The van der Waals surface area contributed by atoms with E-state index in [2.05, 4.69) is 10.1 Å². The Labute approximate surface area is 81.4 Å². The molecule has 0 radical (unpaired) electrons. The molecule has 0 aromatic carbocycles. The molecule has 0 saturated heterocycles. The minimum Gasteiger partial charge on any atom is -0.337 e. The normalized spacial score (nSPS) is 19.6. The summed E-state index contributed by atoms with van der Waals surface area (Å²) in [6.45, 7) is 0. The van der Waals surface area contributed by atoms with Crippen LogP contribution in [0.2, 0.25) is 0 Å². The second-order valence-electron chi connectivity index (χ2n) is 3.74. The van der Waals surface area contributed by atoms with Gasteiger partial charge in [0.1, 0.15) is 5.75 Å². The van der Waals surface area contributed by atoms with E-state index in [9.17, 15) is 8.42 Å². The van der Waals surface area contributed by atoms with Crippen molar-refractivity contribution in [3.63, 3.8) is 0 Å². The lowest BCUT2D eigenvalue weighted by Crippen LogP contribution is -2.19. The lowest BCUT2D eigenvalue weighted by molar-refractivity contribution is 0.345. The Bertz CT molecular complexity index is 447. The average molecular weight is 217 g/mol. The van der Waals surface area contributed by atoms with Gasteiger partial charge in [0, 0.05) is 6.26 Å². The Balaban J connectivity index is 2.18. The van der Waals surface area contributed by atoms with Crippen LogP contribution in [0.4, 0.5) is 0 Å². The third-order valence-corrected chi connectivity index (χ3v) is 2.86. The number of nitrogens with zero attached hydrogens (tertiary/aromatic N) is 2. The van der Waals surface area contributed by atoms with Gasteiger partial charge < -0.3 is 10.3 Å². The molecular weight excluding hydrogens is 206 g/mol. The predicted octanol–water partition coefficient (Wildman–Crippen LogP) is -0.438. The lowest BCUT2D eigenvalue weighted by Gasteiger charge is -1.97. The van der Waals surface area contributed by atoms with E-state index < -0.39 is 15.4 Å². The van der Waals surface area contributed by atoms with E-state index >= 15 is 0 Å². The molecule has 1 aromatic rings. The summed E-state index contributed by atoms with van der Waals surface area (Å²) in [5.74, 6) is 0.322. The van der Waals surface area contributed by atoms with Crippen LogP contribution in [-0.4, -0.2) is 24.8 Å². The van der Waals surface area contributed by atoms with Crippen LogP contribution < -0.4 is 5.73 Å². The summed E-state index contributed by atoms with van der Waals surface area (Å²) < 4.78 is 26.7. The average Bonchev–Trinajstić information content (AvgIpc) is 2.60. The molecule has 2 rings (SSSR count). The van der Waals surface area contributed by atoms with Crippen molar-refractivity contribution >= 4 is 9.84 Å². The van der Waals surface area contributed by atoms with Crippen molar-refractivity contribution in [3.8, 4) is 0 Å². The monoisotopic (exact) mass is 217 g/mol. The lowest BCUT2D eigenvalue weighted by atomic mass is 10.3. The fraction of sp³-hybridized carbons (Fsp3) is 0.714. The van der Waals surface area contributed by atoms with Crippen molar-refractivity contribution < 1.29 is 12.9 Å². The molecule has 0 amide bonds. The van der Waals surface area contributed by atoms with Crippen molar-refractivity contribution in [2.75, 3.05) is 6.26 Å². The van der Waals surface area contributed by atoms with E-state index in [1.54, 1.807) is 0 Å². The number of hydrogen-bond donors (Lipinski definition) is 1. The number of aromatic nitrogens is 2. The molecule has 0 spiro atoms. The van der Waals surface area contributed by atoms with Gasteiger partial charge in [-0.15, -0.1) is 0 Å². The van der Waals surface area contributed by atoms with E-state index in [1.165, 1.54) is 0 Å². The zero-order chi connectivity index (χ0) is 10.4. The van der Waals surface area contributed by atoms with Gasteiger partial charge in [-0.1, -0.05) is 5.16 Å². The minimum atomic E-state index is -3.11. The molecule has 1 aliphatic rings. The van der Waals surface area contributed by atoms with Gasteiger partial charge >= 0.3 is 0 Å². The first-order chi connectivity index (χ1) is 6.39. The van der Waals surface area contributed by atoms with Crippen molar-refractivity contribution in [1.82, 2.24) is 10.1 Å². The Hall–Kier alpha value is -0.950. The highest BCUT2D eigenvalue weighted by atomic mass is 32.2. The van der Waals surface area contributed by atoms with Gasteiger partial charge in [-0.2, -0.15) is 4.98 Å². The Morgan fingerprint density at radius 2 is 2.21 bits per heavy atom. The van der Waals surface area contributed by atoms with E-state index in [0.717, 1.165) is 19.1 Å². The number of rotatable bonds is 3. The molecule has 0 bridgehead atoms. The molecule has 0 atom stereocenters. The van der Waals surface area contributed by atoms with Crippen LogP contribution in [0.5, 0.6) is 0 Å². The van der Waals surface area contributed by atoms with Crippen LogP contribution in [0.25, 0.3) is 0 Å². The number of hydrogen-bond acceptors (Lipinski definition) is 6. The molecule has 0 unspecified atom stereocenters. The molecule has 1 saturated carbocycles. The second kappa shape index (κ2) is 2.77. The smallest absolute Gasteiger partial charge is 0.246 e. The fourth-order valence-corrected chi connectivity index (χ4v) is 1.68. The highest BCUT2D eigenvalue weighted by Gasteiger charge is 2.45. The largest absolute Gasteiger partial charge is 0.337 e. The fourth-order valence-electron chi connectivity index (χ4n) is 1.10. The van der Waals surface area contributed by atoms with Crippen LogP contribution in [0.3, 0.4) is 0 Å². The van der Waals surface area contributed by atoms with Crippen molar-refractivity contribution in [3.05, 3.63) is 11.7 Å². The Morgan fingerprint density at radius 1 is 1.57 bits per heavy atom. The number of sulfone groups is 1. The third kappa shape index (κ3) is 1.93. The van der Waals surface area contributed by atoms with Crippen molar-refractivity contribution in [2.45, 2.75) is 24.1 Å². The molecule has 6 nitrogen and oxygen atoms in total.